The number of amides is 1. The Morgan fingerprint density at radius 2 is 1.95 bits per heavy atom. The van der Waals surface area contributed by atoms with Crippen molar-refractivity contribution in [1.29, 1.82) is 0 Å². The van der Waals surface area contributed by atoms with E-state index in [1.807, 2.05) is 42.5 Å². The van der Waals surface area contributed by atoms with E-state index in [0.29, 0.717) is 60.1 Å². The molecule has 1 atom stereocenters. The minimum Gasteiger partial charge on any atom is -0.381 e. The number of morpholine rings is 1. The number of ether oxygens (including phenoxy) is 1. The first kappa shape index (κ1) is 28.6. The smallest absolute Gasteiger partial charge is 0.267 e. The maximum Gasteiger partial charge on any atom is 0.267 e. The van der Waals surface area contributed by atoms with E-state index in [4.69, 9.17) is 15.5 Å². The fourth-order valence-corrected chi connectivity index (χ4v) is 4.95. The summed E-state index contributed by atoms with van der Waals surface area (Å²) in [5, 5.41) is 10.7. The minimum absolute atomic E-state index is 0.0842. The van der Waals surface area contributed by atoms with Crippen LogP contribution in [0, 0.1) is 11.8 Å². The van der Waals surface area contributed by atoms with E-state index in [1.165, 1.54) is 9.25 Å². The van der Waals surface area contributed by atoms with Crippen LogP contribution in [0.4, 0.5) is 11.6 Å². The zero-order valence-electron chi connectivity index (χ0n) is 23.8. The standard InChI is InChI=1S/C31H34N8O3/c1-4-15-33-29-26(27(32)36-37(29)3)30(40)34-21(2)28-35-24-14-8-10-22(11-9-16-38-17-19-42-20-18-38)25(24)31(41)39(28)23-12-6-5-7-13-23/h4-8,10,12-14,21,33H,1,15-20H2,2-3H3,(H2,32,36)(H,34,40). The Balaban J connectivity index is 1.55. The molecule has 4 N–H and O–H groups in total. The predicted octanol–water partition coefficient (Wildman–Crippen LogP) is 2.47. The van der Waals surface area contributed by atoms with Gasteiger partial charge in [0.25, 0.3) is 11.5 Å². The number of fused-ring (bicyclic) bond motifs is 1. The van der Waals surface area contributed by atoms with Gasteiger partial charge in [0, 0.05) is 32.2 Å². The van der Waals surface area contributed by atoms with Crippen molar-refractivity contribution in [3.05, 3.63) is 88.5 Å². The zero-order valence-corrected chi connectivity index (χ0v) is 23.8. The molecule has 1 saturated heterocycles. The third kappa shape index (κ3) is 5.90. The molecule has 0 saturated carbocycles. The third-order valence-electron chi connectivity index (χ3n) is 7.02. The highest BCUT2D eigenvalue weighted by Gasteiger charge is 2.25. The van der Waals surface area contributed by atoms with Gasteiger partial charge >= 0.3 is 0 Å². The first-order chi connectivity index (χ1) is 20.4. The second-order valence-corrected chi connectivity index (χ2v) is 9.93. The van der Waals surface area contributed by atoms with Gasteiger partial charge in [0.2, 0.25) is 0 Å². The highest BCUT2D eigenvalue weighted by molar-refractivity contribution is 6.03. The van der Waals surface area contributed by atoms with Crippen LogP contribution in [-0.4, -0.2) is 69.5 Å². The van der Waals surface area contributed by atoms with E-state index in [9.17, 15) is 9.59 Å². The van der Waals surface area contributed by atoms with E-state index < -0.39 is 11.9 Å². The van der Waals surface area contributed by atoms with Crippen LogP contribution in [0.1, 0.15) is 34.7 Å². The molecule has 4 aromatic rings. The Morgan fingerprint density at radius 1 is 1.19 bits per heavy atom. The second kappa shape index (κ2) is 12.7. The molecule has 1 aliphatic heterocycles. The number of hydrogen-bond acceptors (Lipinski definition) is 8. The van der Waals surface area contributed by atoms with Crippen molar-refractivity contribution < 1.29 is 9.53 Å². The maximum atomic E-state index is 14.2. The molecular weight excluding hydrogens is 532 g/mol. The van der Waals surface area contributed by atoms with Gasteiger partial charge in [-0.1, -0.05) is 42.2 Å². The zero-order chi connectivity index (χ0) is 29.6. The molecule has 1 fully saturated rings. The number of anilines is 2. The van der Waals surface area contributed by atoms with Crippen LogP contribution in [0.25, 0.3) is 16.6 Å². The number of aryl methyl sites for hydroxylation is 1. The van der Waals surface area contributed by atoms with Crippen molar-refractivity contribution in [3.8, 4) is 17.5 Å². The number of rotatable bonds is 8. The molecule has 3 heterocycles. The average Bonchev–Trinajstić information content (AvgIpc) is 3.28. The number of para-hydroxylation sites is 1. The van der Waals surface area contributed by atoms with Crippen LogP contribution < -0.4 is 21.9 Å². The SMILES string of the molecule is C=CCNc1c(C(=O)NC(C)c2nc3cccc(C#CCN4CCOCC4)c3c(=O)n2-c2ccccc2)c(N)nn1C. The lowest BCUT2D eigenvalue weighted by atomic mass is 10.1. The Kier molecular flexibility index (Phi) is 8.66. The van der Waals surface area contributed by atoms with Crippen molar-refractivity contribution in [1.82, 2.24) is 29.5 Å². The van der Waals surface area contributed by atoms with E-state index in [-0.39, 0.29) is 16.9 Å². The lowest BCUT2D eigenvalue weighted by Crippen LogP contribution is -2.36. The van der Waals surface area contributed by atoms with Crippen LogP contribution in [0.5, 0.6) is 0 Å². The summed E-state index contributed by atoms with van der Waals surface area (Å²) >= 11 is 0. The van der Waals surface area contributed by atoms with Crippen molar-refractivity contribution >= 4 is 28.4 Å². The number of hydrogen-bond donors (Lipinski definition) is 3. The average molecular weight is 567 g/mol. The van der Waals surface area contributed by atoms with Gasteiger partial charge < -0.3 is 21.1 Å². The molecule has 0 spiro atoms. The number of benzene rings is 2. The van der Waals surface area contributed by atoms with Crippen molar-refractivity contribution in [3.63, 3.8) is 0 Å². The molecule has 11 heteroatoms. The number of carbonyl (C=O) groups excluding carboxylic acids is 1. The molecular formula is C31H34N8O3. The lowest BCUT2D eigenvalue weighted by molar-refractivity contribution is 0.0443. The van der Waals surface area contributed by atoms with Gasteiger partial charge in [-0.2, -0.15) is 5.10 Å². The molecule has 5 rings (SSSR count). The van der Waals surface area contributed by atoms with E-state index in [2.05, 4.69) is 39.1 Å². The Hall–Kier alpha value is -4.92. The van der Waals surface area contributed by atoms with E-state index >= 15 is 0 Å². The largest absolute Gasteiger partial charge is 0.381 e. The van der Waals surface area contributed by atoms with Gasteiger partial charge in [0.1, 0.15) is 17.2 Å². The van der Waals surface area contributed by atoms with Crippen LogP contribution in [0.3, 0.4) is 0 Å². The molecule has 1 unspecified atom stereocenters. The summed E-state index contributed by atoms with van der Waals surface area (Å²) in [6.45, 7) is 9.54. The van der Waals surface area contributed by atoms with Crippen molar-refractivity contribution in [2.45, 2.75) is 13.0 Å². The Morgan fingerprint density at radius 3 is 2.69 bits per heavy atom. The monoisotopic (exact) mass is 566 g/mol. The number of nitrogens with zero attached hydrogens (tertiary/aromatic N) is 5. The van der Waals surface area contributed by atoms with Crippen LogP contribution in [-0.2, 0) is 11.8 Å². The fraction of sp³-hybridized carbons (Fsp3) is 0.290. The van der Waals surface area contributed by atoms with Crippen LogP contribution >= 0.6 is 0 Å². The van der Waals surface area contributed by atoms with Gasteiger partial charge in [-0.15, -0.1) is 6.58 Å². The van der Waals surface area contributed by atoms with Crippen LogP contribution in [0.15, 0.2) is 66.0 Å². The highest BCUT2D eigenvalue weighted by atomic mass is 16.5. The van der Waals surface area contributed by atoms with Gasteiger partial charge in [-0.3, -0.25) is 23.7 Å². The van der Waals surface area contributed by atoms with Gasteiger partial charge in [-0.25, -0.2) is 4.98 Å². The molecule has 42 heavy (non-hydrogen) atoms. The maximum absolute atomic E-state index is 14.2. The number of nitrogens with one attached hydrogen (secondary N) is 2. The summed E-state index contributed by atoms with van der Waals surface area (Å²) in [5.74, 6) is 6.88. The molecule has 0 radical (unpaired) electrons. The van der Waals surface area contributed by atoms with Crippen molar-refractivity contribution in [2.75, 3.05) is 50.4 Å². The summed E-state index contributed by atoms with van der Waals surface area (Å²) < 4.78 is 8.46. The number of aromatic nitrogens is 4. The molecule has 2 aromatic heterocycles. The molecule has 0 bridgehead atoms. The van der Waals surface area contributed by atoms with Crippen LogP contribution in [0.2, 0.25) is 0 Å². The predicted molar refractivity (Wildman–Crippen MR) is 164 cm³/mol. The molecule has 2 aromatic carbocycles. The van der Waals surface area contributed by atoms with E-state index in [1.54, 1.807) is 26.1 Å². The molecule has 1 aliphatic rings. The summed E-state index contributed by atoms with van der Waals surface area (Å²) in [4.78, 5) is 34.8. The first-order valence-electron chi connectivity index (χ1n) is 13.8. The number of nitrogen functional groups attached to an aromatic ring is 1. The second-order valence-electron chi connectivity index (χ2n) is 9.93. The molecule has 0 aliphatic carbocycles. The topological polar surface area (TPSA) is 132 Å². The fourth-order valence-electron chi connectivity index (χ4n) is 4.95. The summed E-state index contributed by atoms with van der Waals surface area (Å²) in [6.07, 6.45) is 1.67. The highest BCUT2D eigenvalue weighted by Crippen LogP contribution is 2.24. The van der Waals surface area contributed by atoms with Crippen molar-refractivity contribution in [2.24, 2.45) is 7.05 Å². The van der Waals surface area contributed by atoms with Gasteiger partial charge in [-0.05, 0) is 31.2 Å². The number of nitrogens with two attached hydrogens (primary N) is 1. The Bertz CT molecular complexity index is 1730. The van der Waals surface area contributed by atoms with E-state index in [0.717, 1.165) is 13.1 Å². The summed E-state index contributed by atoms with van der Waals surface area (Å²) in [7, 11) is 1.70. The first-order valence-corrected chi connectivity index (χ1v) is 13.8. The lowest BCUT2D eigenvalue weighted by Gasteiger charge is -2.24. The molecule has 11 nitrogen and oxygen atoms in total. The molecule has 1 amide bonds. The normalized spacial score (nSPS) is 14.1. The number of carbonyl (C=O) groups is 1. The molecule has 216 valence electrons. The third-order valence-corrected chi connectivity index (χ3v) is 7.02. The summed E-state index contributed by atoms with van der Waals surface area (Å²) in [5.41, 5.74) is 7.76. The minimum atomic E-state index is -0.669. The van der Waals surface area contributed by atoms with Gasteiger partial charge in [0.05, 0.1) is 42.4 Å². The quantitative estimate of drug-likeness (QED) is 0.219. The Labute approximate surface area is 244 Å². The van der Waals surface area contributed by atoms with Gasteiger partial charge in [0.15, 0.2) is 5.82 Å². The summed E-state index contributed by atoms with van der Waals surface area (Å²) in [6, 6.07) is 14.0.